The lowest BCUT2D eigenvalue weighted by Crippen LogP contribution is -2.16. The molecule has 0 saturated carbocycles. The normalized spacial score (nSPS) is 13.4. The van der Waals surface area contributed by atoms with Gasteiger partial charge in [0.25, 0.3) is 0 Å². The number of aromatic nitrogens is 2. The van der Waals surface area contributed by atoms with Gasteiger partial charge in [-0.15, -0.1) is 0 Å². The van der Waals surface area contributed by atoms with Gasteiger partial charge < -0.3 is 10.1 Å². The van der Waals surface area contributed by atoms with Crippen LogP contribution in [0.4, 0.5) is 5.82 Å². The molecule has 0 amide bonds. The van der Waals surface area contributed by atoms with Crippen molar-refractivity contribution in [1.82, 2.24) is 9.97 Å². The number of rotatable bonds is 3. The number of hydrogen-bond donors (Lipinski definition) is 1. The third-order valence-electron chi connectivity index (χ3n) is 2.50. The van der Waals surface area contributed by atoms with Gasteiger partial charge in [-0.1, -0.05) is 0 Å². The Balaban J connectivity index is 2.09. The van der Waals surface area contributed by atoms with Crippen LogP contribution in [0.2, 0.25) is 0 Å². The topological polar surface area (TPSA) is 64.1 Å². The van der Waals surface area contributed by atoms with Crippen LogP contribution in [0, 0.1) is 0 Å². The predicted molar refractivity (Wildman–Crippen MR) is 54.6 cm³/mol. The van der Waals surface area contributed by atoms with E-state index >= 15 is 0 Å². The first-order valence-corrected chi connectivity index (χ1v) is 4.94. The highest BCUT2D eigenvalue weighted by molar-refractivity contribution is 5.74. The van der Waals surface area contributed by atoms with Crippen molar-refractivity contribution in [3.8, 4) is 0 Å². The summed E-state index contributed by atoms with van der Waals surface area (Å²) in [6.07, 6.45) is 4.63. The quantitative estimate of drug-likeness (QED) is 0.733. The van der Waals surface area contributed by atoms with Crippen LogP contribution in [0.15, 0.2) is 6.33 Å². The summed E-state index contributed by atoms with van der Waals surface area (Å²) in [5, 5.41) is 2.97. The van der Waals surface area contributed by atoms with Crippen LogP contribution in [0.3, 0.4) is 0 Å². The molecule has 15 heavy (non-hydrogen) atoms. The Morgan fingerprint density at radius 1 is 1.53 bits per heavy atom. The number of nitrogens with one attached hydrogen (secondary N) is 1. The maximum atomic E-state index is 11.0. The van der Waals surface area contributed by atoms with Crippen molar-refractivity contribution in [2.75, 3.05) is 19.0 Å². The predicted octanol–water partition coefficient (Wildman–Crippen LogP) is 0.550. The number of anilines is 1. The third kappa shape index (κ3) is 2.06. The first kappa shape index (κ1) is 9.89. The van der Waals surface area contributed by atoms with E-state index in [1.165, 1.54) is 13.4 Å². The van der Waals surface area contributed by atoms with Gasteiger partial charge in [0.2, 0.25) is 0 Å². The van der Waals surface area contributed by atoms with Gasteiger partial charge in [0.05, 0.1) is 7.11 Å². The number of hydrogen-bond acceptors (Lipinski definition) is 5. The molecule has 5 nitrogen and oxygen atoms in total. The summed E-state index contributed by atoms with van der Waals surface area (Å²) >= 11 is 0. The Hall–Kier alpha value is -1.65. The van der Waals surface area contributed by atoms with E-state index in [4.69, 9.17) is 0 Å². The summed E-state index contributed by atoms with van der Waals surface area (Å²) in [6, 6.07) is 0. The van der Waals surface area contributed by atoms with E-state index < -0.39 is 0 Å². The van der Waals surface area contributed by atoms with Crippen LogP contribution in [0.25, 0.3) is 0 Å². The first-order chi connectivity index (χ1) is 7.31. The highest BCUT2D eigenvalue weighted by Crippen LogP contribution is 2.24. The summed E-state index contributed by atoms with van der Waals surface area (Å²) in [5.74, 6) is 0.475. The Morgan fingerprint density at radius 3 is 3.20 bits per heavy atom. The summed E-state index contributed by atoms with van der Waals surface area (Å²) in [7, 11) is 1.37. The van der Waals surface area contributed by atoms with Crippen molar-refractivity contribution in [3.05, 3.63) is 17.6 Å². The molecule has 0 atom stereocenters. The van der Waals surface area contributed by atoms with Gasteiger partial charge in [0, 0.05) is 11.3 Å². The lowest BCUT2D eigenvalue weighted by molar-refractivity contribution is -0.138. The lowest BCUT2D eigenvalue weighted by atomic mass is 10.2. The summed E-state index contributed by atoms with van der Waals surface area (Å²) in [5.41, 5.74) is 2.23. The number of aryl methyl sites for hydroxylation is 1. The molecule has 1 N–H and O–H groups in total. The Bertz CT molecular complexity index is 379. The number of methoxy groups -OCH3 is 1. The SMILES string of the molecule is COC(=O)CNc1ncnc2c1CCC2. The van der Waals surface area contributed by atoms with Crippen molar-refractivity contribution < 1.29 is 9.53 Å². The molecule has 1 heterocycles. The average molecular weight is 207 g/mol. The second kappa shape index (κ2) is 4.25. The highest BCUT2D eigenvalue weighted by atomic mass is 16.5. The van der Waals surface area contributed by atoms with Crippen LogP contribution < -0.4 is 5.32 Å². The average Bonchev–Trinajstić information content (AvgIpc) is 2.74. The molecular weight excluding hydrogens is 194 g/mol. The van der Waals surface area contributed by atoms with Crippen molar-refractivity contribution in [1.29, 1.82) is 0 Å². The van der Waals surface area contributed by atoms with Gasteiger partial charge in [0.1, 0.15) is 18.7 Å². The second-order valence-corrected chi connectivity index (χ2v) is 3.43. The molecular formula is C10H13N3O2. The number of nitrogens with zero attached hydrogens (tertiary/aromatic N) is 2. The molecule has 0 spiro atoms. The van der Waals surface area contributed by atoms with Crippen LogP contribution in [-0.2, 0) is 22.4 Å². The third-order valence-corrected chi connectivity index (χ3v) is 2.50. The number of esters is 1. The lowest BCUT2D eigenvalue weighted by Gasteiger charge is -2.07. The molecule has 0 unspecified atom stereocenters. The molecule has 80 valence electrons. The maximum Gasteiger partial charge on any atom is 0.325 e. The fourth-order valence-electron chi connectivity index (χ4n) is 1.74. The fourth-order valence-corrected chi connectivity index (χ4v) is 1.74. The molecule has 0 radical (unpaired) electrons. The van der Waals surface area contributed by atoms with Crippen LogP contribution in [-0.4, -0.2) is 29.6 Å². The molecule has 1 aromatic heterocycles. The number of carbonyl (C=O) groups is 1. The van der Waals surface area contributed by atoms with Crippen molar-refractivity contribution >= 4 is 11.8 Å². The summed E-state index contributed by atoms with van der Waals surface area (Å²) in [4.78, 5) is 19.3. The van der Waals surface area contributed by atoms with Crippen LogP contribution >= 0.6 is 0 Å². The minimum atomic E-state index is -0.291. The molecule has 0 aliphatic heterocycles. The molecule has 0 fully saturated rings. The molecule has 1 aromatic rings. The highest BCUT2D eigenvalue weighted by Gasteiger charge is 2.17. The Kier molecular flexibility index (Phi) is 2.80. The summed E-state index contributed by atoms with van der Waals surface area (Å²) < 4.78 is 4.55. The minimum Gasteiger partial charge on any atom is -0.468 e. The van der Waals surface area contributed by atoms with Crippen LogP contribution in [0.1, 0.15) is 17.7 Å². The Morgan fingerprint density at radius 2 is 2.40 bits per heavy atom. The number of fused-ring (bicyclic) bond motifs is 1. The van der Waals surface area contributed by atoms with Crippen molar-refractivity contribution in [3.63, 3.8) is 0 Å². The minimum absolute atomic E-state index is 0.153. The standard InChI is InChI=1S/C10H13N3O2/c1-15-9(14)5-11-10-7-3-2-4-8(7)12-6-13-10/h6H,2-5H2,1H3,(H,11,12,13). The van der Waals surface area contributed by atoms with Gasteiger partial charge in [0.15, 0.2) is 0 Å². The maximum absolute atomic E-state index is 11.0. The van der Waals surface area contributed by atoms with E-state index in [1.54, 1.807) is 0 Å². The van der Waals surface area contributed by atoms with Gasteiger partial charge >= 0.3 is 5.97 Å². The number of carbonyl (C=O) groups excluding carboxylic acids is 1. The zero-order valence-corrected chi connectivity index (χ0v) is 8.62. The molecule has 0 bridgehead atoms. The van der Waals surface area contributed by atoms with Crippen molar-refractivity contribution in [2.24, 2.45) is 0 Å². The van der Waals surface area contributed by atoms with Gasteiger partial charge in [-0.3, -0.25) is 4.79 Å². The van der Waals surface area contributed by atoms with Crippen LogP contribution in [0.5, 0.6) is 0 Å². The first-order valence-electron chi connectivity index (χ1n) is 4.94. The number of ether oxygens (including phenoxy) is 1. The smallest absolute Gasteiger partial charge is 0.325 e. The molecule has 2 rings (SSSR count). The van der Waals surface area contributed by atoms with Gasteiger partial charge in [-0.25, -0.2) is 9.97 Å². The molecule has 1 aliphatic carbocycles. The zero-order chi connectivity index (χ0) is 10.7. The van der Waals surface area contributed by atoms with Crippen molar-refractivity contribution in [2.45, 2.75) is 19.3 Å². The molecule has 5 heteroatoms. The monoisotopic (exact) mass is 207 g/mol. The van der Waals surface area contributed by atoms with E-state index in [2.05, 4.69) is 20.0 Å². The van der Waals surface area contributed by atoms with E-state index in [0.29, 0.717) is 0 Å². The largest absolute Gasteiger partial charge is 0.468 e. The van der Waals surface area contributed by atoms with Gasteiger partial charge in [-0.2, -0.15) is 0 Å². The Labute approximate surface area is 87.9 Å². The summed E-state index contributed by atoms with van der Waals surface area (Å²) in [6.45, 7) is 0.153. The second-order valence-electron chi connectivity index (χ2n) is 3.43. The molecule has 1 aliphatic rings. The molecule has 0 saturated heterocycles. The fraction of sp³-hybridized carbons (Fsp3) is 0.500. The zero-order valence-electron chi connectivity index (χ0n) is 8.62. The van der Waals surface area contributed by atoms with E-state index in [1.807, 2.05) is 0 Å². The van der Waals surface area contributed by atoms with E-state index in [-0.39, 0.29) is 12.5 Å². The van der Waals surface area contributed by atoms with E-state index in [9.17, 15) is 4.79 Å². The molecule has 0 aromatic carbocycles. The van der Waals surface area contributed by atoms with E-state index in [0.717, 1.165) is 36.3 Å². The van der Waals surface area contributed by atoms with Gasteiger partial charge in [-0.05, 0) is 19.3 Å².